The number of carbonyl (C=O) groups is 1. The zero-order chi connectivity index (χ0) is 14.7. The highest BCUT2D eigenvalue weighted by molar-refractivity contribution is 6.33. The molecule has 6 heteroatoms. The fraction of sp³-hybridized carbons (Fsp3) is 0.143. The van der Waals surface area contributed by atoms with E-state index in [9.17, 15) is 4.79 Å². The SMILES string of the molecule is CC(Nc1cc(C#N)ccc1Cl)c1ccc(C(=O)O)o1. The number of carboxylic acids is 1. The molecule has 0 aliphatic carbocycles. The maximum absolute atomic E-state index is 10.8. The van der Waals surface area contributed by atoms with Crippen LogP contribution in [0.25, 0.3) is 0 Å². The molecule has 102 valence electrons. The Morgan fingerprint density at radius 1 is 1.45 bits per heavy atom. The Hall–Kier alpha value is -2.45. The molecule has 1 unspecified atom stereocenters. The van der Waals surface area contributed by atoms with Gasteiger partial charge in [0.25, 0.3) is 0 Å². The van der Waals surface area contributed by atoms with Gasteiger partial charge in [0.05, 0.1) is 28.4 Å². The molecule has 2 rings (SSSR count). The number of nitrogens with zero attached hydrogens (tertiary/aromatic N) is 1. The average molecular weight is 291 g/mol. The van der Waals surface area contributed by atoms with Crippen molar-refractivity contribution >= 4 is 23.3 Å². The van der Waals surface area contributed by atoms with Crippen molar-refractivity contribution in [3.05, 3.63) is 52.4 Å². The lowest BCUT2D eigenvalue weighted by atomic mass is 10.2. The van der Waals surface area contributed by atoms with E-state index in [-0.39, 0.29) is 11.8 Å². The number of benzene rings is 1. The lowest BCUT2D eigenvalue weighted by Gasteiger charge is -2.14. The number of hydrogen-bond acceptors (Lipinski definition) is 4. The molecular formula is C14H11ClN2O3. The minimum absolute atomic E-state index is 0.120. The normalized spacial score (nSPS) is 11.7. The molecule has 2 N–H and O–H groups in total. The Kier molecular flexibility index (Phi) is 3.97. The van der Waals surface area contributed by atoms with Gasteiger partial charge in [-0.1, -0.05) is 11.6 Å². The third-order valence-corrected chi connectivity index (χ3v) is 3.06. The summed E-state index contributed by atoms with van der Waals surface area (Å²) in [5.74, 6) is -0.765. The van der Waals surface area contributed by atoms with Crippen molar-refractivity contribution in [3.8, 4) is 6.07 Å². The summed E-state index contributed by atoms with van der Waals surface area (Å²) >= 11 is 6.04. The van der Waals surface area contributed by atoms with Crippen molar-refractivity contribution < 1.29 is 14.3 Å². The predicted molar refractivity (Wildman–Crippen MR) is 73.9 cm³/mol. The van der Waals surface area contributed by atoms with Crippen molar-refractivity contribution in [3.63, 3.8) is 0 Å². The number of nitrogens with one attached hydrogen (secondary N) is 1. The van der Waals surface area contributed by atoms with Crippen molar-refractivity contribution in [1.29, 1.82) is 5.26 Å². The number of halogens is 1. The molecule has 0 radical (unpaired) electrons. The zero-order valence-electron chi connectivity index (χ0n) is 10.6. The minimum Gasteiger partial charge on any atom is -0.475 e. The third kappa shape index (κ3) is 2.92. The molecule has 0 spiro atoms. The van der Waals surface area contributed by atoms with Gasteiger partial charge in [0.2, 0.25) is 5.76 Å². The number of nitriles is 1. The molecule has 0 saturated heterocycles. The van der Waals surface area contributed by atoms with Crippen LogP contribution in [0.2, 0.25) is 5.02 Å². The van der Waals surface area contributed by atoms with Gasteiger partial charge >= 0.3 is 5.97 Å². The van der Waals surface area contributed by atoms with Crippen LogP contribution < -0.4 is 5.32 Å². The lowest BCUT2D eigenvalue weighted by molar-refractivity contribution is 0.0660. The van der Waals surface area contributed by atoms with Gasteiger partial charge in [0.1, 0.15) is 5.76 Å². The van der Waals surface area contributed by atoms with Crippen LogP contribution in [0.3, 0.4) is 0 Å². The van der Waals surface area contributed by atoms with Crippen LogP contribution in [0, 0.1) is 11.3 Å². The molecule has 2 aromatic rings. The zero-order valence-corrected chi connectivity index (χ0v) is 11.3. The van der Waals surface area contributed by atoms with E-state index in [0.717, 1.165) is 0 Å². The highest BCUT2D eigenvalue weighted by Crippen LogP contribution is 2.27. The Balaban J connectivity index is 2.20. The Morgan fingerprint density at radius 2 is 2.20 bits per heavy atom. The van der Waals surface area contributed by atoms with E-state index in [1.165, 1.54) is 6.07 Å². The molecule has 1 atom stereocenters. The maximum Gasteiger partial charge on any atom is 0.371 e. The van der Waals surface area contributed by atoms with Crippen LogP contribution >= 0.6 is 11.6 Å². The Labute approximate surface area is 120 Å². The molecule has 1 aromatic heterocycles. The summed E-state index contributed by atoms with van der Waals surface area (Å²) in [6.45, 7) is 1.81. The predicted octanol–water partition coefficient (Wildman–Crippen LogP) is 3.68. The van der Waals surface area contributed by atoms with E-state index in [4.69, 9.17) is 26.4 Å². The van der Waals surface area contributed by atoms with Gasteiger partial charge in [-0.15, -0.1) is 0 Å². The smallest absolute Gasteiger partial charge is 0.371 e. The molecular weight excluding hydrogens is 280 g/mol. The van der Waals surface area contributed by atoms with Gasteiger partial charge in [-0.2, -0.15) is 5.26 Å². The van der Waals surface area contributed by atoms with Crippen molar-refractivity contribution in [2.24, 2.45) is 0 Å². The van der Waals surface area contributed by atoms with E-state index in [2.05, 4.69) is 5.32 Å². The summed E-state index contributed by atoms with van der Waals surface area (Å²) in [6, 6.07) is 9.59. The summed E-state index contributed by atoms with van der Waals surface area (Å²) < 4.78 is 5.21. The van der Waals surface area contributed by atoms with E-state index < -0.39 is 5.97 Å². The number of anilines is 1. The summed E-state index contributed by atoms with van der Waals surface area (Å²) in [5, 5.41) is 21.2. The molecule has 0 amide bonds. The van der Waals surface area contributed by atoms with E-state index in [1.54, 1.807) is 31.2 Å². The molecule has 0 saturated carbocycles. The fourth-order valence-corrected chi connectivity index (χ4v) is 1.88. The summed E-state index contributed by atoms with van der Waals surface area (Å²) in [5.41, 5.74) is 1.07. The van der Waals surface area contributed by atoms with Gasteiger partial charge in [-0.3, -0.25) is 0 Å². The lowest BCUT2D eigenvalue weighted by Crippen LogP contribution is -2.06. The summed E-state index contributed by atoms with van der Waals surface area (Å²) in [4.78, 5) is 10.8. The monoisotopic (exact) mass is 290 g/mol. The third-order valence-electron chi connectivity index (χ3n) is 2.73. The van der Waals surface area contributed by atoms with Gasteiger partial charge in [0, 0.05) is 0 Å². The van der Waals surface area contributed by atoms with Crippen LogP contribution in [0.15, 0.2) is 34.7 Å². The van der Waals surface area contributed by atoms with Crippen molar-refractivity contribution in [2.45, 2.75) is 13.0 Å². The van der Waals surface area contributed by atoms with Crippen LogP contribution in [-0.4, -0.2) is 11.1 Å². The quantitative estimate of drug-likeness (QED) is 0.897. The first-order valence-corrected chi connectivity index (χ1v) is 6.18. The Morgan fingerprint density at radius 3 is 2.80 bits per heavy atom. The number of furan rings is 1. The number of rotatable bonds is 4. The summed E-state index contributed by atoms with van der Waals surface area (Å²) in [7, 11) is 0. The first-order chi connectivity index (χ1) is 9.51. The summed E-state index contributed by atoms with van der Waals surface area (Å²) in [6.07, 6.45) is 0. The second-order valence-corrected chi connectivity index (χ2v) is 4.59. The van der Waals surface area contributed by atoms with Crippen LogP contribution in [-0.2, 0) is 0 Å². The molecule has 0 bridgehead atoms. The molecule has 0 fully saturated rings. The minimum atomic E-state index is -1.12. The molecule has 1 heterocycles. The van der Waals surface area contributed by atoms with E-state index in [1.807, 2.05) is 6.07 Å². The second-order valence-electron chi connectivity index (χ2n) is 4.18. The van der Waals surface area contributed by atoms with E-state index in [0.29, 0.717) is 22.0 Å². The molecule has 0 aliphatic rings. The largest absolute Gasteiger partial charge is 0.475 e. The highest BCUT2D eigenvalue weighted by atomic mass is 35.5. The van der Waals surface area contributed by atoms with Gasteiger partial charge in [-0.25, -0.2) is 4.79 Å². The molecule has 5 nitrogen and oxygen atoms in total. The van der Waals surface area contributed by atoms with Crippen LogP contribution in [0.4, 0.5) is 5.69 Å². The van der Waals surface area contributed by atoms with Crippen molar-refractivity contribution in [1.82, 2.24) is 0 Å². The first kappa shape index (κ1) is 14.0. The number of hydrogen-bond donors (Lipinski definition) is 2. The van der Waals surface area contributed by atoms with E-state index >= 15 is 0 Å². The first-order valence-electron chi connectivity index (χ1n) is 5.80. The highest BCUT2D eigenvalue weighted by Gasteiger charge is 2.15. The topological polar surface area (TPSA) is 86.3 Å². The number of carboxylic acid groups (broad SMARTS) is 1. The number of aromatic carboxylic acids is 1. The average Bonchev–Trinajstić information content (AvgIpc) is 2.91. The fourth-order valence-electron chi connectivity index (χ4n) is 1.71. The van der Waals surface area contributed by atoms with Crippen LogP contribution in [0.1, 0.15) is 34.8 Å². The molecule has 1 aromatic carbocycles. The van der Waals surface area contributed by atoms with Gasteiger partial charge < -0.3 is 14.8 Å². The Bertz CT molecular complexity index is 688. The van der Waals surface area contributed by atoms with Crippen LogP contribution in [0.5, 0.6) is 0 Å². The van der Waals surface area contributed by atoms with Gasteiger partial charge in [0.15, 0.2) is 0 Å². The molecule has 0 aliphatic heterocycles. The second kappa shape index (κ2) is 5.68. The molecule has 20 heavy (non-hydrogen) atoms. The standard InChI is InChI=1S/C14H11ClN2O3/c1-8(12-4-5-13(20-12)14(18)19)17-11-6-9(7-16)2-3-10(11)15/h2-6,8,17H,1H3,(H,18,19). The van der Waals surface area contributed by atoms with Gasteiger partial charge in [-0.05, 0) is 37.3 Å². The maximum atomic E-state index is 10.8. The van der Waals surface area contributed by atoms with Crippen molar-refractivity contribution in [2.75, 3.05) is 5.32 Å².